The Morgan fingerprint density at radius 1 is 1.18 bits per heavy atom. The monoisotopic (exact) mass is 548 g/mol. The van der Waals surface area contributed by atoms with Crippen LogP contribution < -0.4 is 5.32 Å². The number of halogens is 3. The molecule has 0 spiro atoms. The maximum atomic E-state index is 13.3. The standard InChI is InChI=1S/C28H35F3N4O4/c1-4-13-35-22(17-33-14-15-34(18(3)16-33)25(36)20-7-6-8-20)23(26(37)39-5-2)24(32-27(35)38)19-9-11-21(12-10-19)28(29,30)31/h4,9-12,18,20,24H,1,5-8,13-17H2,2-3H3,(H,32,38). The number of nitrogens with one attached hydrogen (secondary N) is 1. The van der Waals surface area contributed by atoms with Gasteiger partial charge in [0.2, 0.25) is 5.91 Å². The summed E-state index contributed by atoms with van der Waals surface area (Å²) in [6.45, 7) is 9.46. The number of benzene rings is 1. The van der Waals surface area contributed by atoms with Gasteiger partial charge in [0.05, 0.1) is 23.8 Å². The van der Waals surface area contributed by atoms with E-state index in [4.69, 9.17) is 4.74 Å². The van der Waals surface area contributed by atoms with Crippen LogP contribution in [0.5, 0.6) is 0 Å². The molecule has 2 atom stereocenters. The molecule has 1 aromatic carbocycles. The smallest absolute Gasteiger partial charge is 0.416 e. The minimum absolute atomic E-state index is 0.0468. The molecule has 3 amide bonds. The van der Waals surface area contributed by atoms with Crippen LogP contribution in [0.3, 0.4) is 0 Å². The van der Waals surface area contributed by atoms with Gasteiger partial charge in [0.15, 0.2) is 0 Å². The second kappa shape index (κ2) is 11.8. The number of amides is 3. The van der Waals surface area contributed by atoms with Crippen LogP contribution in [-0.4, -0.2) is 78.0 Å². The van der Waals surface area contributed by atoms with E-state index in [2.05, 4.69) is 16.8 Å². The molecule has 2 fully saturated rings. The van der Waals surface area contributed by atoms with Crippen molar-refractivity contribution in [1.82, 2.24) is 20.0 Å². The van der Waals surface area contributed by atoms with Crippen molar-refractivity contribution in [2.75, 3.05) is 39.3 Å². The second-order valence-electron chi connectivity index (χ2n) is 10.2. The number of nitrogens with zero attached hydrogens (tertiary/aromatic N) is 3. The first kappa shape index (κ1) is 28.7. The number of urea groups is 1. The average Bonchev–Trinajstić information content (AvgIpc) is 2.84. The van der Waals surface area contributed by atoms with Crippen molar-refractivity contribution in [2.45, 2.75) is 51.4 Å². The molecule has 1 N–H and O–H groups in total. The highest BCUT2D eigenvalue weighted by molar-refractivity contribution is 5.95. The molecule has 2 unspecified atom stereocenters. The van der Waals surface area contributed by atoms with Gasteiger partial charge in [-0.2, -0.15) is 13.2 Å². The predicted molar refractivity (Wildman–Crippen MR) is 138 cm³/mol. The summed E-state index contributed by atoms with van der Waals surface area (Å²) in [6.07, 6.45) is -0.0362. The topological polar surface area (TPSA) is 82.2 Å². The fourth-order valence-electron chi connectivity index (χ4n) is 5.37. The normalized spacial score (nSPS) is 22.8. The van der Waals surface area contributed by atoms with Crippen LogP contribution in [0.1, 0.15) is 50.3 Å². The second-order valence-corrected chi connectivity index (χ2v) is 10.2. The van der Waals surface area contributed by atoms with E-state index in [1.54, 1.807) is 13.0 Å². The summed E-state index contributed by atoms with van der Waals surface area (Å²) in [5, 5.41) is 2.77. The number of ether oxygens (including phenoxy) is 1. The van der Waals surface area contributed by atoms with E-state index < -0.39 is 29.8 Å². The molecule has 39 heavy (non-hydrogen) atoms. The fourth-order valence-corrected chi connectivity index (χ4v) is 5.37. The molecule has 11 heteroatoms. The van der Waals surface area contributed by atoms with Crippen molar-refractivity contribution in [1.29, 1.82) is 0 Å². The first-order chi connectivity index (χ1) is 18.5. The van der Waals surface area contributed by atoms with Crippen molar-refractivity contribution in [3.05, 3.63) is 59.3 Å². The number of esters is 1. The van der Waals surface area contributed by atoms with Gasteiger partial charge < -0.3 is 15.0 Å². The van der Waals surface area contributed by atoms with Gasteiger partial charge in [-0.25, -0.2) is 9.59 Å². The number of alkyl halides is 3. The lowest BCUT2D eigenvalue weighted by Gasteiger charge is -2.44. The predicted octanol–water partition coefficient (Wildman–Crippen LogP) is 4.11. The Morgan fingerprint density at radius 3 is 2.41 bits per heavy atom. The molecule has 8 nitrogen and oxygen atoms in total. The Bertz CT molecular complexity index is 1130. The Labute approximate surface area is 226 Å². The van der Waals surface area contributed by atoms with E-state index in [0.717, 1.165) is 31.4 Å². The van der Waals surface area contributed by atoms with E-state index in [0.29, 0.717) is 30.9 Å². The van der Waals surface area contributed by atoms with Gasteiger partial charge in [0, 0.05) is 50.4 Å². The summed E-state index contributed by atoms with van der Waals surface area (Å²) in [5.74, 6) is -0.363. The first-order valence-corrected chi connectivity index (χ1v) is 13.3. The third-order valence-electron chi connectivity index (χ3n) is 7.64. The first-order valence-electron chi connectivity index (χ1n) is 13.3. The quantitative estimate of drug-likeness (QED) is 0.391. The summed E-state index contributed by atoms with van der Waals surface area (Å²) in [7, 11) is 0. The maximum Gasteiger partial charge on any atom is 0.416 e. The van der Waals surface area contributed by atoms with Crippen molar-refractivity contribution < 1.29 is 32.3 Å². The minimum Gasteiger partial charge on any atom is -0.463 e. The highest BCUT2D eigenvalue weighted by atomic mass is 19.4. The van der Waals surface area contributed by atoms with Gasteiger partial charge in [-0.1, -0.05) is 24.6 Å². The Kier molecular flexibility index (Phi) is 8.68. The number of rotatable bonds is 8. The van der Waals surface area contributed by atoms with Gasteiger partial charge in [0.25, 0.3) is 0 Å². The van der Waals surface area contributed by atoms with Gasteiger partial charge in [0.1, 0.15) is 0 Å². The third kappa shape index (κ3) is 6.13. The zero-order chi connectivity index (χ0) is 28.3. The summed E-state index contributed by atoms with van der Waals surface area (Å²) >= 11 is 0. The van der Waals surface area contributed by atoms with Crippen LogP contribution in [0.25, 0.3) is 0 Å². The summed E-state index contributed by atoms with van der Waals surface area (Å²) < 4.78 is 44.9. The van der Waals surface area contributed by atoms with Crippen LogP contribution in [0.15, 0.2) is 48.2 Å². The molecule has 2 heterocycles. The van der Waals surface area contributed by atoms with Crippen LogP contribution in [0.2, 0.25) is 0 Å². The van der Waals surface area contributed by atoms with Crippen molar-refractivity contribution >= 4 is 17.9 Å². The number of hydrogen-bond donors (Lipinski definition) is 1. The molecule has 1 saturated heterocycles. The number of hydrogen-bond acceptors (Lipinski definition) is 5. The van der Waals surface area contributed by atoms with Gasteiger partial charge in [-0.3, -0.25) is 14.6 Å². The molecular weight excluding hydrogens is 513 g/mol. The van der Waals surface area contributed by atoms with E-state index in [-0.39, 0.29) is 43.1 Å². The summed E-state index contributed by atoms with van der Waals surface area (Å²) in [6, 6.07) is 2.86. The maximum absolute atomic E-state index is 13.3. The number of carbonyl (C=O) groups is 3. The Hall–Kier alpha value is -3.34. The zero-order valence-corrected chi connectivity index (χ0v) is 22.3. The van der Waals surface area contributed by atoms with Crippen LogP contribution in [-0.2, 0) is 20.5 Å². The largest absolute Gasteiger partial charge is 0.463 e. The Balaban J connectivity index is 1.67. The molecule has 0 radical (unpaired) electrons. The van der Waals surface area contributed by atoms with Crippen LogP contribution >= 0.6 is 0 Å². The number of piperazine rings is 1. The van der Waals surface area contributed by atoms with E-state index in [1.807, 2.05) is 11.8 Å². The average molecular weight is 549 g/mol. The Morgan fingerprint density at radius 2 is 1.87 bits per heavy atom. The third-order valence-corrected chi connectivity index (χ3v) is 7.64. The van der Waals surface area contributed by atoms with Crippen LogP contribution in [0, 0.1) is 5.92 Å². The van der Waals surface area contributed by atoms with Crippen molar-refractivity contribution in [2.24, 2.45) is 5.92 Å². The van der Waals surface area contributed by atoms with Crippen molar-refractivity contribution in [3.8, 4) is 0 Å². The molecule has 1 aliphatic carbocycles. The van der Waals surface area contributed by atoms with Gasteiger partial charge in [-0.15, -0.1) is 6.58 Å². The highest BCUT2D eigenvalue weighted by Crippen LogP contribution is 2.35. The number of carbonyl (C=O) groups excluding carboxylic acids is 3. The molecule has 1 saturated carbocycles. The van der Waals surface area contributed by atoms with Gasteiger partial charge >= 0.3 is 18.2 Å². The molecular formula is C28H35F3N4O4. The van der Waals surface area contributed by atoms with Crippen molar-refractivity contribution in [3.63, 3.8) is 0 Å². The molecule has 3 aliphatic rings. The molecule has 212 valence electrons. The SMILES string of the molecule is C=CCN1C(=O)NC(c2ccc(C(F)(F)F)cc2)C(C(=O)OCC)=C1CN1CCN(C(=O)C2CCC2)C(C)C1. The minimum atomic E-state index is -4.51. The van der Waals surface area contributed by atoms with Crippen LogP contribution in [0.4, 0.5) is 18.0 Å². The lowest BCUT2D eigenvalue weighted by atomic mass is 9.84. The van der Waals surface area contributed by atoms with Gasteiger partial charge in [-0.05, 0) is 44.4 Å². The summed E-state index contributed by atoms with van der Waals surface area (Å²) in [4.78, 5) is 44.8. The zero-order valence-electron chi connectivity index (χ0n) is 22.3. The summed E-state index contributed by atoms with van der Waals surface area (Å²) in [5.41, 5.74) is 0.0814. The van der Waals surface area contributed by atoms with E-state index in [1.165, 1.54) is 17.0 Å². The lowest BCUT2D eigenvalue weighted by Crippen LogP contribution is -2.57. The lowest BCUT2D eigenvalue weighted by molar-refractivity contribution is -0.142. The fraction of sp³-hybridized carbons (Fsp3) is 0.536. The molecule has 1 aromatic rings. The van der Waals surface area contributed by atoms with E-state index in [9.17, 15) is 27.6 Å². The molecule has 0 bridgehead atoms. The molecule has 4 rings (SSSR count). The van der Waals surface area contributed by atoms with E-state index >= 15 is 0 Å². The molecule has 0 aromatic heterocycles. The highest BCUT2D eigenvalue weighted by Gasteiger charge is 2.40. The molecule has 2 aliphatic heterocycles.